The number of anilines is 1. The number of aromatic nitrogens is 1. The van der Waals surface area contributed by atoms with Gasteiger partial charge in [0.15, 0.2) is 5.13 Å². The molecule has 2 N–H and O–H groups in total. The van der Waals surface area contributed by atoms with E-state index in [0.29, 0.717) is 17.2 Å². The van der Waals surface area contributed by atoms with E-state index in [9.17, 15) is 18.4 Å². The zero-order valence-electron chi connectivity index (χ0n) is 14.6. The summed E-state index contributed by atoms with van der Waals surface area (Å²) in [5.41, 5.74) is 1.02. The van der Waals surface area contributed by atoms with Crippen LogP contribution in [-0.2, 0) is 11.3 Å². The largest absolute Gasteiger partial charge is 0.435 e. The predicted octanol–water partition coefficient (Wildman–Crippen LogP) is 4.36. The van der Waals surface area contributed by atoms with E-state index in [0.717, 1.165) is 15.4 Å². The summed E-state index contributed by atoms with van der Waals surface area (Å²) in [5.74, 6) is -0.514. The molecule has 2 amide bonds. The number of thiophene rings is 1. The highest BCUT2D eigenvalue weighted by Crippen LogP contribution is 2.31. The molecule has 1 aromatic carbocycles. The first kappa shape index (κ1) is 19.9. The van der Waals surface area contributed by atoms with Crippen LogP contribution in [0.5, 0.6) is 5.75 Å². The Kier molecular flexibility index (Phi) is 6.32. The second-order valence-electron chi connectivity index (χ2n) is 5.57. The van der Waals surface area contributed by atoms with Gasteiger partial charge in [0, 0.05) is 22.7 Å². The van der Waals surface area contributed by atoms with E-state index in [1.807, 2.05) is 17.5 Å². The lowest BCUT2D eigenvalue weighted by atomic mass is 10.2. The zero-order valence-corrected chi connectivity index (χ0v) is 16.2. The monoisotopic (exact) mass is 423 g/mol. The standard InChI is InChI=1S/C18H15F2N3O3S2/c1-10(24)21-8-13-6-7-15(28-13)14-9-27-18(22-14)23-16(25)11-2-4-12(5-3-11)26-17(19)20/h2-7,9,17H,8H2,1H3,(H,21,24)(H,22,23,25). The number of nitrogens with zero attached hydrogens (tertiary/aromatic N) is 1. The molecule has 0 saturated heterocycles. The molecule has 0 unspecified atom stereocenters. The van der Waals surface area contributed by atoms with Crippen molar-refractivity contribution >= 4 is 39.6 Å². The number of thiazole rings is 1. The van der Waals surface area contributed by atoms with Gasteiger partial charge < -0.3 is 10.1 Å². The van der Waals surface area contributed by atoms with Crippen LogP contribution in [0.3, 0.4) is 0 Å². The molecule has 2 heterocycles. The van der Waals surface area contributed by atoms with E-state index in [4.69, 9.17) is 0 Å². The summed E-state index contributed by atoms with van der Waals surface area (Å²) in [6.07, 6.45) is 0. The normalized spacial score (nSPS) is 10.7. The fraction of sp³-hybridized carbons (Fsp3) is 0.167. The number of carbonyl (C=O) groups excluding carboxylic acids is 2. The fourth-order valence-electron chi connectivity index (χ4n) is 2.22. The number of carbonyl (C=O) groups is 2. The number of alkyl halides is 2. The second-order valence-corrected chi connectivity index (χ2v) is 7.60. The van der Waals surface area contributed by atoms with Crippen LogP contribution in [-0.4, -0.2) is 23.4 Å². The molecule has 0 bridgehead atoms. The van der Waals surface area contributed by atoms with Crippen LogP contribution in [0.1, 0.15) is 22.2 Å². The number of ether oxygens (including phenoxy) is 1. The van der Waals surface area contributed by atoms with Crippen molar-refractivity contribution in [1.29, 1.82) is 0 Å². The van der Waals surface area contributed by atoms with Crippen molar-refractivity contribution in [1.82, 2.24) is 10.3 Å². The van der Waals surface area contributed by atoms with Crippen LogP contribution >= 0.6 is 22.7 Å². The molecule has 0 saturated carbocycles. The number of hydrogen-bond acceptors (Lipinski definition) is 6. The third-order valence-electron chi connectivity index (χ3n) is 3.49. The van der Waals surface area contributed by atoms with E-state index in [1.54, 1.807) is 0 Å². The lowest BCUT2D eigenvalue weighted by Crippen LogP contribution is -2.17. The third-order valence-corrected chi connectivity index (χ3v) is 5.36. The highest BCUT2D eigenvalue weighted by Gasteiger charge is 2.12. The number of halogens is 2. The minimum absolute atomic E-state index is 0.0177. The first-order valence-corrected chi connectivity index (χ1v) is 9.75. The lowest BCUT2D eigenvalue weighted by molar-refractivity contribution is -0.119. The summed E-state index contributed by atoms with van der Waals surface area (Å²) >= 11 is 2.78. The van der Waals surface area contributed by atoms with Crippen LogP contribution in [0.25, 0.3) is 10.6 Å². The average Bonchev–Trinajstić information content (AvgIpc) is 3.29. The Morgan fingerprint density at radius 2 is 1.93 bits per heavy atom. The Hall–Kier alpha value is -2.85. The van der Waals surface area contributed by atoms with Crippen LogP contribution in [0.15, 0.2) is 41.8 Å². The number of nitrogens with one attached hydrogen (secondary N) is 2. The highest BCUT2D eigenvalue weighted by atomic mass is 32.1. The van der Waals surface area contributed by atoms with Crippen molar-refractivity contribution in [2.45, 2.75) is 20.1 Å². The maximum Gasteiger partial charge on any atom is 0.387 e. The molecule has 0 spiro atoms. The SMILES string of the molecule is CC(=O)NCc1ccc(-c2csc(NC(=O)c3ccc(OC(F)F)cc3)n2)s1. The summed E-state index contributed by atoms with van der Waals surface area (Å²) in [6.45, 7) is -0.994. The minimum atomic E-state index is -2.91. The summed E-state index contributed by atoms with van der Waals surface area (Å²) in [6, 6.07) is 9.22. The van der Waals surface area contributed by atoms with Crippen molar-refractivity contribution in [3.8, 4) is 16.3 Å². The van der Waals surface area contributed by atoms with Crippen molar-refractivity contribution in [3.05, 3.63) is 52.2 Å². The van der Waals surface area contributed by atoms with Crippen LogP contribution < -0.4 is 15.4 Å². The molecule has 3 rings (SSSR count). The van der Waals surface area contributed by atoms with Gasteiger partial charge in [0.05, 0.1) is 17.1 Å². The number of rotatable bonds is 7. The summed E-state index contributed by atoms with van der Waals surface area (Å²) in [7, 11) is 0. The van der Waals surface area contributed by atoms with Crippen molar-refractivity contribution < 1.29 is 23.1 Å². The second kappa shape index (κ2) is 8.89. The van der Waals surface area contributed by atoms with Gasteiger partial charge in [0.1, 0.15) is 5.75 Å². The Labute approximate surface area is 167 Å². The van der Waals surface area contributed by atoms with Gasteiger partial charge in [-0.25, -0.2) is 4.98 Å². The van der Waals surface area contributed by atoms with Crippen LogP contribution in [0.2, 0.25) is 0 Å². The molecule has 2 aromatic heterocycles. The van der Waals surface area contributed by atoms with Gasteiger partial charge in [-0.05, 0) is 36.4 Å². The number of amides is 2. The summed E-state index contributed by atoms with van der Waals surface area (Å²) < 4.78 is 28.6. The maximum absolute atomic E-state index is 12.3. The van der Waals surface area contributed by atoms with Gasteiger partial charge in [-0.2, -0.15) is 8.78 Å². The van der Waals surface area contributed by atoms with E-state index in [2.05, 4.69) is 20.4 Å². The summed E-state index contributed by atoms with van der Waals surface area (Å²) in [4.78, 5) is 29.6. The molecule has 146 valence electrons. The molecule has 0 atom stereocenters. The molecule has 6 nitrogen and oxygen atoms in total. The van der Waals surface area contributed by atoms with E-state index in [1.165, 1.54) is 53.9 Å². The van der Waals surface area contributed by atoms with Crippen LogP contribution in [0, 0.1) is 0 Å². The first-order valence-electron chi connectivity index (χ1n) is 8.06. The summed E-state index contributed by atoms with van der Waals surface area (Å²) in [5, 5.41) is 7.66. The molecule has 0 aliphatic carbocycles. The molecule has 28 heavy (non-hydrogen) atoms. The van der Waals surface area contributed by atoms with E-state index >= 15 is 0 Å². The van der Waals surface area contributed by atoms with Gasteiger partial charge in [-0.15, -0.1) is 22.7 Å². The zero-order chi connectivity index (χ0) is 20.1. The van der Waals surface area contributed by atoms with Crippen molar-refractivity contribution in [3.63, 3.8) is 0 Å². The Morgan fingerprint density at radius 1 is 1.18 bits per heavy atom. The first-order chi connectivity index (χ1) is 13.4. The van der Waals surface area contributed by atoms with Crippen LogP contribution in [0.4, 0.5) is 13.9 Å². The Bertz CT molecular complexity index is 971. The van der Waals surface area contributed by atoms with Gasteiger partial charge in [0.2, 0.25) is 5.91 Å². The molecule has 10 heteroatoms. The lowest BCUT2D eigenvalue weighted by Gasteiger charge is -2.05. The average molecular weight is 423 g/mol. The maximum atomic E-state index is 12.3. The molecule has 3 aromatic rings. The molecule has 0 aliphatic rings. The molecule has 0 fully saturated rings. The van der Waals surface area contributed by atoms with Gasteiger partial charge in [0.25, 0.3) is 5.91 Å². The van der Waals surface area contributed by atoms with Crippen molar-refractivity contribution in [2.75, 3.05) is 5.32 Å². The molecule has 0 aliphatic heterocycles. The quantitative estimate of drug-likeness (QED) is 0.592. The van der Waals surface area contributed by atoms with E-state index in [-0.39, 0.29) is 11.7 Å². The molecular formula is C18H15F2N3O3S2. The Morgan fingerprint density at radius 3 is 2.61 bits per heavy atom. The molecule has 0 radical (unpaired) electrons. The van der Waals surface area contributed by atoms with E-state index < -0.39 is 12.5 Å². The number of benzene rings is 1. The van der Waals surface area contributed by atoms with Gasteiger partial charge in [-0.1, -0.05) is 0 Å². The smallest absolute Gasteiger partial charge is 0.387 e. The minimum Gasteiger partial charge on any atom is -0.435 e. The number of hydrogen-bond donors (Lipinski definition) is 2. The highest BCUT2D eigenvalue weighted by molar-refractivity contribution is 7.17. The predicted molar refractivity (Wildman–Crippen MR) is 104 cm³/mol. The fourth-order valence-corrected chi connectivity index (χ4v) is 3.91. The van der Waals surface area contributed by atoms with Gasteiger partial charge >= 0.3 is 6.61 Å². The van der Waals surface area contributed by atoms with Gasteiger partial charge in [-0.3, -0.25) is 14.9 Å². The van der Waals surface area contributed by atoms with Crippen molar-refractivity contribution in [2.24, 2.45) is 0 Å². The Balaban J connectivity index is 1.62. The molecular weight excluding hydrogens is 408 g/mol. The third kappa shape index (κ3) is 5.33. The topological polar surface area (TPSA) is 80.3 Å².